The van der Waals surface area contributed by atoms with Gasteiger partial charge in [0.1, 0.15) is 18.1 Å². The number of aromatic nitrogens is 3. The summed E-state index contributed by atoms with van der Waals surface area (Å²) in [6, 6.07) is 11.7. The van der Waals surface area contributed by atoms with E-state index in [1.807, 2.05) is 62.9 Å². The Morgan fingerprint density at radius 1 is 1.25 bits per heavy atom. The monoisotopic (exact) mass is 340 g/mol. The van der Waals surface area contributed by atoms with Gasteiger partial charge in [0.2, 0.25) is 0 Å². The van der Waals surface area contributed by atoms with Crippen LogP contribution in [-0.2, 0) is 6.61 Å². The number of nitrogens with zero attached hydrogens (tertiary/aromatic N) is 4. The van der Waals surface area contributed by atoms with Crippen LogP contribution in [0.15, 0.2) is 53.4 Å². The standard InChI is InChI=1S/C17H16N4O2S/c22-17(13-6-7-24-12-13)20-9-15(10-20)21-8-14(18-19-21)11-23-16-4-2-1-3-5-16/h1-8,12,15H,9-11H2. The van der Waals surface area contributed by atoms with Gasteiger partial charge in [-0.3, -0.25) is 4.79 Å². The molecule has 122 valence electrons. The number of amides is 1. The highest BCUT2D eigenvalue weighted by Crippen LogP contribution is 2.23. The van der Waals surface area contributed by atoms with Crippen LogP contribution < -0.4 is 4.74 Å². The summed E-state index contributed by atoms with van der Waals surface area (Å²) >= 11 is 1.54. The lowest BCUT2D eigenvalue weighted by Gasteiger charge is -2.38. The van der Waals surface area contributed by atoms with Gasteiger partial charge < -0.3 is 9.64 Å². The van der Waals surface area contributed by atoms with Crippen LogP contribution in [-0.4, -0.2) is 38.9 Å². The van der Waals surface area contributed by atoms with Crippen molar-refractivity contribution in [2.24, 2.45) is 0 Å². The highest BCUT2D eigenvalue weighted by atomic mass is 32.1. The normalized spacial score (nSPS) is 14.4. The molecule has 0 aliphatic carbocycles. The molecule has 1 fully saturated rings. The van der Waals surface area contributed by atoms with E-state index in [1.165, 1.54) is 11.3 Å². The average Bonchev–Trinajstić information content (AvgIpc) is 3.24. The van der Waals surface area contributed by atoms with Gasteiger partial charge in [-0.05, 0) is 23.6 Å². The summed E-state index contributed by atoms with van der Waals surface area (Å²) < 4.78 is 7.49. The molecule has 0 N–H and O–H groups in total. The number of benzene rings is 1. The molecule has 2 aromatic heterocycles. The van der Waals surface area contributed by atoms with Crippen molar-refractivity contribution in [3.8, 4) is 5.75 Å². The third kappa shape index (κ3) is 3.03. The molecule has 0 saturated carbocycles. The van der Waals surface area contributed by atoms with Gasteiger partial charge in [-0.15, -0.1) is 5.10 Å². The molecule has 24 heavy (non-hydrogen) atoms. The number of carbonyl (C=O) groups excluding carboxylic acids is 1. The van der Waals surface area contributed by atoms with Crippen molar-refractivity contribution < 1.29 is 9.53 Å². The zero-order valence-electron chi connectivity index (χ0n) is 12.9. The number of rotatable bonds is 5. The molecule has 1 aliphatic heterocycles. The Hall–Kier alpha value is -2.67. The van der Waals surface area contributed by atoms with Crippen LogP contribution in [0.4, 0.5) is 0 Å². The number of likely N-dealkylation sites (tertiary alicyclic amines) is 1. The van der Waals surface area contributed by atoms with Crippen LogP contribution in [0, 0.1) is 0 Å². The summed E-state index contributed by atoms with van der Waals surface area (Å²) in [4.78, 5) is 14.0. The van der Waals surface area contributed by atoms with E-state index < -0.39 is 0 Å². The van der Waals surface area contributed by atoms with Gasteiger partial charge in [-0.2, -0.15) is 11.3 Å². The zero-order valence-corrected chi connectivity index (χ0v) is 13.7. The lowest BCUT2D eigenvalue weighted by molar-refractivity contribution is 0.0499. The molecule has 0 atom stereocenters. The number of hydrogen-bond donors (Lipinski definition) is 0. The second kappa shape index (κ2) is 6.45. The first kappa shape index (κ1) is 14.9. The minimum Gasteiger partial charge on any atom is -0.487 e. The second-order valence-electron chi connectivity index (χ2n) is 5.67. The summed E-state index contributed by atoms with van der Waals surface area (Å²) in [6.07, 6.45) is 1.89. The summed E-state index contributed by atoms with van der Waals surface area (Å²) in [5, 5.41) is 12.1. The Balaban J connectivity index is 1.31. The van der Waals surface area contributed by atoms with Crippen molar-refractivity contribution in [3.63, 3.8) is 0 Å². The Morgan fingerprint density at radius 2 is 2.08 bits per heavy atom. The van der Waals surface area contributed by atoms with Crippen LogP contribution >= 0.6 is 11.3 Å². The number of ether oxygens (including phenoxy) is 1. The van der Waals surface area contributed by atoms with Gasteiger partial charge in [0.25, 0.3) is 5.91 Å². The minimum absolute atomic E-state index is 0.0836. The lowest BCUT2D eigenvalue weighted by atomic mass is 10.1. The Bertz CT molecular complexity index is 810. The molecule has 0 spiro atoms. The third-order valence-electron chi connectivity index (χ3n) is 3.98. The molecule has 3 aromatic rings. The molecule has 1 aromatic carbocycles. The van der Waals surface area contributed by atoms with Crippen molar-refractivity contribution in [3.05, 3.63) is 64.6 Å². The van der Waals surface area contributed by atoms with E-state index in [4.69, 9.17) is 4.74 Å². The quantitative estimate of drug-likeness (QED) is 0.716. The van der Waals surface area contributed by atoms with Crippen molar-refractivity contribution in [2.75, 3.05) is 13.1 Å². The van der Waals surface area contributed by atoms with Crippen LogP contribution in [0.3, 0.4) is 0 Å². The average molecular weight is 340 g/mol. The molecule has 7 heteroatoms. The van der Waals surface area contributed by atoms with Crippen molar-refractivity contribution in [1.82, 2.24) is 19.9 Å². The van der Waals surface area contributed by atoms with Gasteiger partial charge in [-0.1, -0.05) is 23.4 Å². The van der Waals surface area contributed by atoms with Crippen LogP contribution in [0.25, 0.3) is 0 Å². The van der Waals surface area contributed by atoms with Gasteiger partial charge in [-0.25, -0.2) is 4.68 Å². The molecule has 0 radical (unpaired) electrons. The van der Waals surface area contributed by atoms with Gasteiger partial charge >= 0.3 is 0 Å². The Morgan fingerprint density at radius 3 is 2.83 bits per heavy atom. The highest BCUT2D eigenvalue weighted by molar-refractivity contribution is 7.08. The number of thiophene rings is 1. The lowest BCUT2D eigenvalue weighted by Crippen LogP contribution is -2.50. The SMILES string of the molecule is O=C(c1ccsc1)N1CC(n2cc(COc3ccccc3)nn2)C1. The van der Waals surface area contributed by atoms with E-state index in [0.29, 0.717) is 19.7 Å². The van der Waals surface area contributed by atoms with E-state index >= 15 is 0 Å². The van der Waals surface area contributed by atoms with Gasteiger partial charge in [0.05, 0.1) is 17.8 Å². The molecule has 1 aliphatic rings. The van der Waals surface area contributed by atoms with Gasteiger partial charge in [0.15, 0.2) is 0 Å². The van der Waals surface area contributed by atoms with Crippen LogP contribution in [0.2, 0.25) is 0 Å². The van der Waals surface area contributed by atoms with Crippen molar-refractivity contribution in [1.29, 1.82) is 0 Å². The van der Waals surface area contributed by atoms with E-state index in [-0.39, 0.29) is 11.9 Å². The molecule has 0 unspecified atom stereocenters. The second-order valence-corrected chi connectivity index (χ2v) is 6.45. The molecule has 0 bridgehead atoms. The topological polar surface area (TPSA) is 60.2 Å². The zero-order chi connectivity index (χ0) is 16.4. The van der Waals surface area contributed by atoms with Gasteiger partial charge in [0, 0.05) is 18.5 Å². The molecule has 6 nitrogen and oxygen atoms in total. The summed E-state index contributed by atoms with van der Waals surface area (Å²) in [5.41, 5.74) is 1.54. The minimum atomic E-state index is 0.0836. The fraction of sp³-hybridized carbons (Fsp3) is 0.235. The smallest absolute Gasteiger partial charge is 0.254 e. The summed E-state index contributed by atoms with van der Waals surface area (Å²) in [5.74, 6) is 0.892. The molecule has 1 saturated heterocycles. The third-order valence-corrected chi connectivity index (χ3v) is 4.66. The van der Waals surface area contributed by atoms with Crippen LogP contribution in [0.1, 0.15) is 22.1 Å². The molecule has 4 rings (SSSR count). The van der Waals surface area contributed by atoms with E-state index in [2.05, 4.69) is 10.3 Å². The molecule has 3 heterocycles. The first-order valence-electron chi connectivity index (χ1n) is 7.69. The maximum atomic E-state index is 12.2. The Labute approximate surface area is 143 Å². The fourth-order valence-corrected chi connectivity index (χ4v) is 3.22. The van der Waals surface area contributed by atoms with Crippen molar-refractivity contribution in [2.45, 2.75) is 12.6 Å². The highest BCUT2D eigenvalue weighted by Gasteiger charge is 2.33. The summed E-state index contributed by atoms with van der Waals surface area (Å²) in [7, 11) is 0. The first-order valence-corrected chi connectivity index (χ1v) is 8.64. The predicted molar refractivity (Wildman–Crippen MR) is 90.1 cm³/mol. The predicted octanol–water partition coefficient (Wildman–Crippen LogP) is 2.62. The maximum Gasteiger partial charge on any atom is 0.254 e. The molecular formula is C17H16N4O2S. The van der Waals surface area contributed by atoms with Crippen LogP contribution in [0.5, 0.6) is 5.75 Å². The number of para-hydroxylation sites is 1. The largest absolute Gasteiger partial charge is 0.487 e. The fourth-order valence-electron chi connectivity index (χ4n) is 2.59. The number of hydrogen-bond acceptors (Lipinski definition) is 5. The van der Waals surface area contributed by atoms with E-state index in [1.54, 1.807) is 0 Å². The maximum absolute atomic E-state index is 12.2. The van der Waals surface area contributed by atoms with Crippen molar-refractivity contribution >= 4 is 17.2 Å². The summed E-state index contributed by atoms with van der Waals surface area (Å²) in [6.45, 7) is 1.71. The molecule has 1 amide bonds. The molecular weight excluding hydrogens is 324 g/mol. The van der Waals surface area contributed by atoms with E-state index in [0.717, 1.165) is 17.0 Å². The first-order chi connectivity index (χ1) is 11.8. The Kier molecular flexibility index (Phi) is 4.00. The number of carbonyl (C=O) groups is 1. The van der Waals surface area contributed by atoms with E-state index in [9.17, 15) is 4.79 Å².